The summed E-state index contributed by atoms with van der Waals surface area (Å²) in [6.45, 7) is 1.99. The Bertz CT molecular complexity index is 2000. The number of hydrogen-bond donors (Lipinski definition) is 3. The number of nitrogens with one attached hydrogen (secondary N) is 2. The third-order valence-electron chi connectivity index (χ3n) is 7.16. The lowest BCUT2D eigenvalue weighted by Crippen LogP contribution is -2.19. The number of thioether (sulfide) groups is 1. The van der Waals surface area contributed by atoms with Gasteiger partial charge in [-0.05, 0) is 54.3 Å². The molecule has 6 rings (SSSR count). The molecular formula is C36H27N3O4S2. The molecule has 5 aromatic carbocycles. The first-order valence-electron chi connectivity index (χ1n) is 14.1. The molecule has 9 heteroatoms. The summed E-state index contributed by atoms with van der Waals surface area (Å²) >= 11 is 2.83. The molecule has 0 saturated carbocycles. The monoisotopic (exact) mass is 629 g/mol. The molecule has 0 fully saturated rings. The van der Waals surface area contributed by atoms with Gasteiger partial charge < -0.3 is 15.7 Å². The zero-order valence-electron chi connectivity index (χ0n) is 24.1. The van der Waals surface area contributed by atoms with Crippen LogP contribution >= 0.6 is 23.1 Å². The summed E-state index contributed by atoms with van der Waals surface area (Å²) in [6.07, 6.45) is 0. The van der Waals surface area contributed by atoms with Gasteiger partial charge in [0.2, 0.25) is 5.91 Å². The lowest BCUT2D eigenvalue weighted by molar-refractivity contribution is -0.115. The van der Waals surface area contributed by atoms with Gasteiger partial charge in [-0.3, -0.25) is 9.59 Å². The summed E-state index contributed by atoms with van der Waals surface area (Å²) in [4.78, 5) is 45.3. The van der Waals surface area contributed by atoms with Crippen LogP contribution in [0.2, 0.25) is 0 Å². The number of aromatic carboxylic acids is 1. The van der Waals surface area contributed by atoms with Crippen LogP contribution in [0.4, 0.5) is 10.8 Å². The van der Waals surface area contributed by atoms with Crippen LogP contribution in [0.3, 0.4) is 0 Å². The van der Waals surface area contributed by atoms with Gasteiger partial charge in [0, 0.05) is 32.0 Å². The first-order valence-corrected chi connectivity index (χ1v) is 15.8. The molecule has 6 aromatic rings. The topological polar surface area (TPSA) is 108 Å². The lowest BCUT2D eigenvalue weighted by Gasteiger charge is -2.16. The van der Waals surface area contributed by atoms with E-state index in [4.69, 9.17) is 4.98 Å². The van der Waals surface area contributed by atoms with Gasteiger partial charge in [0.1, 0.15) is 5.25 Å². The Morgan fingerprint density at radius 1 is 0.756 bits per heavy atom. The molecule has 0 spiro atoms. The van der Waals surface area contributed by atoms with Gasteiger partial charge in [-0.2, -0.15) is 0 Å². The number of carbonyl (C=O) groups is 3. The number of nitrogens with zero attached hydrogens (tertiary/aromatic N) is 1. The van der Waals surface area contributed by atoms with E-state index in [0.717, 1.165) is 26.6 Å². The number of aryl methyl sites for hydroxylation is 1. The van der Waals surface area contributed by atoms with Crippen molar-refractivity contribution in [3.05, 3.63) is 143 Å². The fourth-order valence-electron chi connectivity index (χ4n) is 5.05. The summed E-state index contributed by atoms with van der Waals surface area (Å²) in [6, 6.07) is 36.7. The number of amides is 2. The van der Waals surface area contributed by atoms with Gasteiger partial charge in [-0.15, -0.1) is 23.1 Å². The summed E-state index contributed by atoms with van der Waals surface area (Å²) in [7, 11) is 0. The number of rotatable bonds is 9. The van der Waals surface area contributed by atoms with Crippen molar-refractivity contribution >= 4 is 62.5 Å². The predicted molar refractivity (Wildman–Crippen MR) is 181 cm³/mol. The number of fused-ring (bicyclic) bond motifs is 1. The van der Waals surface area contributed by atoms with E-state index >= 15 is 0 Å². The Labute approximate surface area is 268 Å². The Balaban J connectivity index is 1.20. The van der Waals surface area contributed by atoms with Crippen LogP contribution in [-0.2, 0) is 4.79 Å². The van der Waals surface area contributed by atoms with E-state index in [9.17, 15) is 19.5 Å². The molecule has 0 radical (unpaired) electrons. The van der Waals surface area contributed by atoms with Crippen molar-refractivity contribution in [3.63, 3.8) is 0 Å². The van der Waals surface area contributed by atoms with Crippen molar-refractivity contribution < 1.29 is 19.5 Å². The molecule has 1 unspecified atom stereocenters. The second-order valence-electron chi connectivity index (χ2n) is 10.2. The standard InChI is InChI=1S/C36H27N3O4S2/c1-22-31(24-10-4-2-5-11-24)38-36(44-22)39-34(41)32(25-12-6-3-7-13-25)45-27-20-18-26(19-21-27)37-33(40)28-16-8-14-23-15-9-17-29(30(23)28)35(42)43/h2-21,32H,1H3,(H,37,40)(H,42,43)(H,38,39,41). The van der Waals surface area contributed by atoms with E-state index in [1.807, 2.05) is 79.7 Å². The van der Waals surface area contributed by atoms with Crippen LogP contribution < -0.4 is 10.6 Å². The van der Waals surface area contributed by atoms with Crippen LogP contribution in [0.1, 0.15) is 36.4 Å². The van der Waals surface area contributed by atoms with Crippen molar-refractivity contribution in [2.24, 2.45) is 0 Å². The van der Waals surface area contributed by atoms with Crippen molar-refractivity contribution in [2.45, 2.75) is 17.1 Å². The number of benzene rings is 5. The van der Waals surface area contributed by atoms with E-state index in [-0.39, 0.29) is 17.0 Å². The van der Waals surface area contributed by atoms with Gasteiger partial charge in [-0.25, -0.2) is 9.78 Å². The predicted octanol–water partition coefficient (Wildman–Crippen LogP) is 8.69. The second kappa shape index (κ2) is 13.2. The van der Waals surface area contributed by atoms with Crippen molar-refractivity contribution in [1.29, 1.82) is 0 Å². The Morgan fingerprint density at radius 2 is 1.40 bits per heavy atom. The molecule has 7 nitrogen and oxygen atoms in total. The molecule has 0 aliphatic rings. The molecule has 222 valence electrons. The number of hydrogen-bond acceptors (Lipinski definition) is 6. The molecule has 0 aliphatic carbocycles. The molecule has 3 N–H and O–H groups in total. The van der Waals surface area contributed by atoms with E-state index < -0.39 is 17.1 Å². The molecule has 1 heterocycles. The third-order valence-corrected chi connectivity index (χ3v) is 9.31. The zero-order valence-corrected chi connectivity index (χ0v) is 25.7. The Hall–Kier alpha value is -5.25. The lowest BCUT2D eigenvalue weighted by atomic mass is 9.98. The largest absolute Gasteiger partial charge is 0.478 e. The maximum absolute atomic E-state index is 13.7. The highest BCUT2D eigenvalue weighted by Crippen LogP contribution is 2.38. The van der Waals surface area contributed by atoms with E-state index in [1.165, 1.54) is 29.2 Å². The second-order valence-corrected chi connectivity index (χ2v) is 12.6. The number of carbonyl (C=O) groups excluding carboxylic acids is 2. The van der Waals surface area contributed by atoms with Gasteiger partial charge in [-0.1, -0.05) is 84.9 Å². The zero-order chi connectivity index (χ0) is 31.3. The number of thiazole rings is 1. The molecular weight excluding hydrogens is 603 g/mol. The maximum atomic E-state index is 13.7. The molecule has 0 aliphatic heterocycles. The minimum atomic E-state index is -1.10. The number of carboxylic acids is 1. The average Bonchev–Trinajstić information content (AvgIpc) is 3.43. The van der Waals surface area contributed by atoms with E-state index in [2.05, 4.69) is 10.6 Å². The van der Waals surface area contributed by atoms with E-state index in [0.29, 0.717) is 21.6 Å². The Kier molecular flexibility index (Phi) is 8.72. The summed E-state index contributed by atoms with van der Waals surface area (Å²) < 4.78 is 0. The fraction of sp³-hybridized carbons (Fsp3) is 0.0556. The maximum Gasteiger partial charge on any atom is 0.336 e. The van der Waals surface area contributed by atoms with Crippen LogP contribution in [0.15, 0.2) is 126 Å². The molecule has 1 atom stereocenters. The SMILES string of the molecule is Cc1sc(NC(=O)C(Sc2ccc(NC(=O)c3cccc4cccc(C(=O)O)c34)cc2)c2ccccc2)nc1-c1ccccc1. The van der Waals surface area contributed by atoms with E-state index in [1.54, 1.807) is 42.5 Å². The molecule has 45 heavy (non-hydrogen) atoms. The average molecular weight is 630 g/mol. The number of aromatic nitrogens is 1. The molecule has 1 aromatic heterocycles. The van der Waals surface area contributed by atoms with Crippen LogP contribution in [-0.4, -0.2) is 27.9 Å². The van der Waals surface area contributed by atoms with Crippen LogP contribution in [0, 0.1) is 6.92 Å². The van der Waals surface area contributed by atoms with Gasteiger partial charge >= 0.3 is 5.97 Å². The van der Waals surface area contributed by atoms with Crippen molar-refractivity contribution in [1.82, 2.24) is 4.98 Å². The normalized spacial score (nSPS) is 11.6. The van der Waals surface area contributed by atoms with Crippen LogP contribution in [0.25, 0.3) is 22.0 Å². The quantitative estimate of drug-likeness (QED) is 0.138. The fourth-order valence-corrected chi connectivity index (χ4v) is 6.91. The molecule has 2 amide bonds. The van der Waals surface area contributed by atoms with Gasteiger partial charge in [0.05, 0.1) is 11.3 Å². The van der Waals surface area contributed by atoms with Gasteiger partial charge in [0.25, 0.3) is 5.91 Å². The van der Waals surface area contributed by atoms with Crippen molar-refractivity contribution in [2.75, 3.05) is 10.6 Å². The highest BCUT2D eigenvalue weighted by Gasteiger charge is 2.24. The van der Waals surface area contributed by atoms with Crippen molar-refractivity contribution in [3.8, 4) is 11.3 Å². The molecule has 0 bridgehead atoms. The smallest absolute Gasteiger partial charge is 0.336 e. The first kappa shape index (κ1) is 29.8. The Morgan fingerprint density at radius 3 is 2.07 bits per heavy atom. The van der Waals surface area contributed by atoms with Gasteiger partial charge in [0.15, 0.2) is 5.13 Å². The third kappa shape index (κ3) is 6.64. The highest BCUT2D eigenvalue weighted by molar-refractivity contribution is 8.00. The molecule has 0 saturated heterocycles. The number of carboxylic acid groups (broad SMARTS) is 1. The highest BCUT2D eigenvalue weighted by atomic mass is 32.2. The number of anilines is 2. The van der Waals surface area contributed by atoms with Crippen LogP contribution in [0.5, 0.6) is 0 Å². The summed E-state index contributed by atoms with van der Waals surface area (Å²) in [5, 5.41) is 16.6. The summed E-state index contributed by atoms with van der Waals surface area (Å²) in [5.74, 6) is -1.70. The first-order chi connectivity index (χ1) is 21.9. The minimum Gasteiger partial charge on any atom is -0.478 e. The summed E-state index contributed by atoms with van der Waals surface area (Å²) in [5.41, 5.74) is 3.58. The minimum absolute atomic E-state index is 0.0689.